The van der Waals surface area contributed by atoms with Crippen LogP contribution in [-0.4, -0.2) is 15.7 Å². The lowest BCUT2D eigenvalue weighted by atomic mass is 10.0. The van der Waals surface area contributed by atoms with E-state index in [0.717, 1.165) is 17.1 Å². The van der Waals surface area contributed by atoms with Gasteiger partial charge in [0.2, 0.25) is 5.91 Å². The van der Waals surface area contributed by atoms with Gasteiger partial charge < -0.3 is 5.32 Å². The van der Waals surface area contributed by atoms with Gasteiger partial charge in [-0.05, 0) is 32.6 Å². The van der Waals surface area contributed by atoms with E-state index in [0.29, 0.717) is 12.3 Å². The third-order valence-corrected chi connectivity index (χ3v) is 3.72. The molecule has 1 amide bonds. The van der Waals surface area contributed by atoms with Crippen molar-refractivity contribution in [3.8, 4) is 0 Å². The van der Waals surface area contributed by atoms with Crippen LogP contribution >= 0.6 is 0 Å². The molecule has 4 heteroatoms. The molecule has 1 fully saturated rings. The van der Waals surface area contributed by atoms with Gasteiger partial charge in [0, 0.05) is 13.5 Å². The summed E-state index contributed by atoms with van der Waals surface area (Å²) < 4.78 is 1.81. The van der Waals surface area contributed by atoms with Crippen LogP contribution in [0.15, 0.2) is 0 Å². The van der Waals surface area contributed by atoms with Crippen molar-refractivity contribution >= 4 is 11.6 Å². The Morgan fingerprint density at radius 1 is 1.41 bits per heavy atom. The molecule has 0 radical (unpaired) electrons. The van der Waals surface area contributed by atoms with Crippen molar-refractivity contribution in [2.75, 3.05) is 5.32 Å². The molecular weight excluding hydrogens is 214 g/mol. The lowest BCUT2D eigenvalue weighted by molar-refractivity contribution is -0.117. The van der Waals surface area contributed by atoms with Gasteiger partial charge in [0.25, 0.3) is 0 Å². The summed E-state index contributed by atoms with van der Waals surface area (Å²) in [4.78, 5) is 11.9. The number of aromatic nitrogens is 2. The van der Waals surface area contributed by atoms with Gasteiger partial charge in [0.1, 0.15) is 0 Å². The molecule has 0 aliphatic heterocycles. The first kappa shape index (κ1) is 12.1. The monoisotopic (exact) mass is 235 g/mol. The fourth-order valence-electron chi connectivity index (χ4n) is 2.62. The number of hydrogen-bond donors (Lipinski definition) is 1. The molecule has 17 heavy (non-hydrogen) atoms. The molecule has 1 aliphatic rings. The van der Waals surface area contributed by atoms with Crippen molar-refractivity contribution in [3.63, 3.8) is 0 Å². The van der Waals surface area contributed by atoms with Gasteiger partial charge in [-0.25, -0.2) is 0 Å². The third-order valence-electron chi connectivity index (χ3n) is 3.72. The molecule has 1 saturated carbocycles. The topological polar surface area (TPSA) is 46.9 Å². The summed E-state index contributed by atoms with van der Waals surface area (Å²) in [5.74, 6) is 0.725. The third kappa shape index (κ3) is 2.68. The van der Waals surface area contributed by atoms with Crippen LogP contribution < -0.4 is 5.32 Å². The van der Waals surface area contributed by atoms with Crippen molar-refractivity contribution in [2.24, 2.45) is 13.0 Å². The van der Waals surface area contributed by atoms with Crippen molar-refractivity contribution in [2.45, 2.75) is 46.0 Å². The number of amides is 1. The van der Waals surface area contributed by atoms with Gasteiger partial charge in [-0.15, -0.1) is 0 Å². The molecule has 1 aliphatic carbocycles. The van der Waals surface area contributed by atoms with Gasteiger partial charge in [-0.2, -0.15) is 5.10 Å². The zero-order valence-corrected chi connectivity index (χ0v) is 10.9. The molecule has 0 unspecified atom stereocenters. The molecule has 1 aromatic heterocycles. The normalized spacial score (nSPS) is 16.4. The van der Waals surface area contributed by atoms with Gasteiger partial charge >= 0.3 is 0 Å². The molecule has 0 bridgehead atoms. The van der Waals surface area contributed by atoms with Crippen molar-refractivity contribution in [1.29, 1.82) is 0 Å². The van der Waals surface area contributed by atoms with Crippen molar-refractivity contribution in [1.82, 2.24) is 9.78 Å². The summed E-state index contributed by atoms with van der Waals surface area (Å²) in [5.41, 5.74) is 2.79. The van der Waals surface area contributed by atoms with Crippen LogP contribution in [-0.2, 0) is 11.8 Å². The van der Waals surface area contributed by atoms with Crippen LogP contribution in [0.2, 0.25) is 0 Å². The van der Waals surface area contributed by atoms with Crippen LogP contribution in [0.5, 0.6) is 0 Å². The molecule has 1 heterocycles. The Labute approximate surface area is 102 Å². The highest BCUT2D eigenvalue weighted by Gasteiger charge is 2.20. The minimum Gasteiger partial charge on any atom is -0.323 e. The van der Waals surface area contributed by atoms with Crippen LogP contribution in [0.4, 0.5) is 5.69 Å². The first-order chi connectivity index (χ1) is 8.08. The lowest BCUT2D eigenvalue weighted by Gasteiger charge is -2.09. The molecular formula is C13H21N3O. The number of rotatable bonds is 3. The molecule has 4 nitrogen and oxygen atoms in total. The van der Waals surface area contributed by atoms with E-state index >= 15 is 0 Å². The summed E-state index contributed by atoms with van der Waals surface area (Å²) in [6, 6.07) is 0. The second-order valence-electron chi connectivity index (χ2n) is 5.07. The lowest BCUT2D eigenvalue weighted by Crippen LogP contribution is -2.16. The Bertz CT molecular complexity index is 417. The number of anilines is 1. The quantitative estimate of drug-likeness (QED) is 0.875. The first-order valence-electron chi connectivity index (χ1n) is 6.38. The Kier molecular flexibility index (Phi) is 3.50. The number of nitrogens with one attached hydrogen (secondary N) is 1. The van der Waals surface area contributed by atoms with Crippen LogP contribution in [0.1, 0.15) is 43.5 Å². The Balaban J connectivity index is 1.97. The largest absolute Gasteiger partial charge is 0.323 e. The summed E-state index contributed by atoms with van der Waals surface area (Å²) in [6.07, 6.45) is 5.64. The average molecular weight is 235 g/mol. The Morgan fingerprint density at radius 2 is 2.06 bits per heavy atom. The number of hydrogen-bond acceptors (Lipinski definition) is 2. The second kappa shape index (κ2) is 4.90. The minimum absolute atomic E-state index is 0.135. The van der Waals surface area contributed by atoms with Gasteiger partial charge in [-0.1, -0.05) is 12.8 Å². The fourth-order valence-corrected chi connectivity index (χ4v) is 2.62. The molecule has 94 valence electrons. The summed E-state index contributed by atoms with van der Waals surface area (Å²) in [5, 5.41) is 7.30. The smallest absolute Gasteiger partial charge is 0.224 e. The van der Waals surface area contributed by atoms with Crippen LogP contribution in [0, 0.1) is 19.8 Å². The second-order valence-corrected chi connectivity index (χ2v) is 5.07. The predicted octanol–water partition coefficient (Wildman–Crippen LogP) is 2.56. The highest BCUT2D eigenvalue weighted by Crippen LogP contribution is 2.28. The van der Waals surface area contributed by atoms with E-state index in [1.54, 1.807) is 4.68 Å². The van der Waals surface area contributed by atoms with Crippen LogP contribution in [0.3, 0.4) is 0 Å². The SMILES string of the molecule is Cc1nn(C)c(C)c1NC(=O)CC1CCCC1. The van der Waals surface area contributed by atoms with E-state index in [9.17, 15) is 4.79 Å². The highest BCUT2D eigenvalue weighted by atomic mass is 16.1. The van der Waals surface area contributed by atoms with E-state index < -0.39 is 0 Å². The van der Waals surface area contributed by atoms with E-state index in [2.05, 4.69) is 10.4 Å². The van der Waals surface area contributed by atoms with E-state index in [-0.39, 0.29) is 5.91 Å². The number of aryl methyl sites for hydroxylation is 2. The minimum atomic E-state index is 0.135. The molecule has 1 N–H and O–H groups in total. The molecule has 0 saturated heterocycles. The van der Waals surface area contributed by atoms with Crippen LogP contribution in [0.25, 0.3) is 0 Å². The van der Waals surface area contributed by atoms with Gasteiger partial charge in [0.05, 0.1) is 17.1 Å². The van der Waals surface area contributed by atoms with Crippen molar-refractivity contribution in [3.05, 3.63) is 11.4 Å². The Morgan fingerprint density at radius 3 is 2.59 bits per heavy atom. The zero-order chi connectivity index (χ0) is 12.4. The summed E-state index contributed by atoms with van der Waals surface area (Å²) >= 11 is 0. The summed E-state index contributed by atoms with van der Waals surface area (Å²) in [7, 11) is 1.90. The molecule has 0 atom stereocenters. The Hall–Kier alpha value is -1.32. The first-order valence-corrected chi connectivity index (χ1v) is 6.38. The maximum absolute atomic E-state index is 11.9. The van der Waals surface area contributed by atoms with Crippen molar-refractivity contribution < 1.29 is 4.79 Å². The van der Waals surface area contributed by atoms with Gasteiger partial charge in [0.15, 0.2) is 0 Å². The number of carbonyl (C=O) groups is 1. The zero-order valence-electron chi connectivity index (χ0n) is 10.9. The summed E-state index contributed by atoms with van der Waals surface area (Å²) in [6.45, 7) is 3.91. The highest BCUT2D eigenvalue weighted by molar-refractivity contribution is 5.92. The number of carbonyl (C=O) groups excluding carboxylic acids is 1. The molecule has 2 rings (SSSR count). The van der Waals surface area contributed by atoms with E-state index in [1.807, 2.05) is 20.9 Å². The van der Waals surface area contributed by atoms with E-state index in [1.165, 1.54) is 25.7 Å². The maximum atomic E-state index is 11.9. The van der Waals surface area contributed by atoms with E-state index in [4.69, 9.17) is 0 Å². The number of nitrogens with zero attached hydrogens (tertiary/aromatic N) is 2. The van der Waals surface area contributed by atoms with Gasteiger partial charge in [-0.3, -0.25) is 9.48 Å². The molecule has 0 aromatic carbocycles. The molecule has 0 spiro atoms. The predicted molar refractivity (Wildman–Crippen MR) is 67.9 cm³/mol. The molecule has 1 aromatic rings. The average Bonchev–Trinajstić information content (AvgIpc) is 2.83. The fraction of sp³-hybridized carbons (Fsp3) is 0.692. The maximum Gasteiger partial charge on any atom is 0.224 e. The standard InChI is InChI=1S/C13H21N3O/c1-9-13(10(2)16(3)15-9)14-12(17)8-11-6-4-5-7-11/h11H,4-8H2,1-3H3,(H,14,17).